The smallest absolute Gasteiger partial charge is 0.272 e. The Balaban J connectivity index is 2.21. The predicted octanol–water partition coefficient (Wildman–Crippen LogP) is 4.02. The topological polar surface area (TPSA) is 34.0 Å². The second-order valence-corrected chi connectivity index (χ2v) is 5.48. The average Bonchev–Trinajstić information content (AvgIpc) is 2.70. The van der Waals surface area contributed by atoms with Crippen LogP contribution in [0.3, 0.4) is 0 Å². The third-order valence-electron chi connectivity index (χ3n) is 2.52. The van der Waals surface area contributed by atoms with Crippen LogP contribution in [0.2, 0.25) is 5.02 Å². The van der Waals surface area contributed by atoms with E-state index in [9.17, 15) is 4.79 Å². The van der Waals surface area contributed by atoms with Crippen molar-refractivity contribution in [2.24, 2.45) is 0 Å². The summed E-state index contributed by atoms with van der Waals surface area (Å²) in [6.07, 6.45) is 1.76. The molecule has 0 aliphatic carbocycles. The van der Waals surface area contributed by atoms with E-state index in [0.717, 1.165) is 9.26 Å². The standard InChI is InChI=1S/C13H12ClIN2O/c1-2-17-8-9(14)6-12(17)13(18)16-11-5-3-4-10(15)7-11/h3-8H,2H2,1H3,(H,16,18). The van der Waals surface area contributed by atoms with Crippen molar-refractivity contribution in [2.45, 2.75) is 13.5 Å². The maximum Gasteiger partial charge on any atom is 0.272 e. The highest BCUT2D eigenvalue weighted by Gasteiger charge is 2.12. The summed E-state index contributed by atoms with van der Waals surface area (Å²) in [6, 6.07) is 9.33. The molecule has 1 amide bonds. The third kappa shape index (κ3) is 3.05. The Morgan fingerprint density at radius 2 is 2.22 bits per heavy atom. The van der Waals surface area contributed by atoms with E-state index in [1.807, 2.05) is 35.8 Å². The van der Waals surface area contributed by atoms with E-state index in [-0.39, 0.29) is 5.91 Å². The van der Waals surface area contributed by atoms with Crippen molar-refractivity contribution in [3.8, 4) is 0 Å². The van der Waals surface area contributed by atoms with E-state index in [2.05, 4.69) is 27.9 Å². The predicted molar refractivity (Wildman–Crippen MR) is 82.2 cm³/mol. The van der Waals surface area contributed by atoms with Crippen molar-refractivity contribution in [3.05, 3.63) is 50.8 Å². The van der Waals surface area contributed by atoms with Gasteiger partial charge in [0.05, 0.1) is 5.02 Å². The van der Waals surface area contributed by atoms with Gasteiger partial charge in [-0.05, 0) is 53.8 Å². The largest absolute Gasteiger partial charge is 0.342 e. The lowest BCUT2D eigenvalue weighted by atomic mass is 10.3. The van der Waals surface area contributed by atoms with Crippen molar-refractivity contribution < 1.29 is 4.79 Å². The van der Waals surface area contributed by atoms with E-state index < -0.39 is 0 Å². The Morgan fingerprint density at radius 1 is 1.44 bits per heavy atom. The van der Waals surface area contributed by atoms with Crippen LogP contribution in [0.1, 0.15) is 17.4 Å². The van der Waals surface area contributed by atoms with Gasteiger partial charge in [-0.15, -0.1) is 0 Å². The number of rotatable bonds is 3. The molecule has 5 heteroatoms. The van der Waals surface area contributed by atoms with E-state index in [0.29, 0.717) is 17.3 Å². The third-order valence-corrected chi connectivity index (χ3v) is 3.40. The summed E-state index contributed by atoms with van der Waals surface area (Å²) in [7, 11) is 0. The number of hydrogen-bond acceptors (Lipinski definition) is 1. The monoisotopic (exact) mass is 374 g/mol. The van der Waals surface area contributed by atoms with Crippen LogP contribution in [0, 0.1) is 3.57 Å². The number of amides is 1. The lowest BCUT2D eigenvalue weighted by Gasteiger charge is -2.07. The van der Waals surface area contributed by atoms with Crippen LogP contribution in [-0.4, -0.2) is 10.5 Å². The molecule has 3 nitrogen and oxygen atoms in total. The molecule has 1 aromatic carbocycles. The minimum atomic E-state index is -0.147. The fourth-order valence-corrected chi connectivity index (χ4v) is 2.45. The number of aryl methyl sites for hydroxylation is 1. The summed E-state index contributed by atoms with van der Waals surface area (Å²) >= 11 is 8.12. The number of aromatic nitrogens is 1. The molecule has 0 bridgehead atoms. The molecule has 0 fully saturated rings. The van der Waals surface area contributed by atoms with Crippen molar-refractivity contribution >= 4 is 45.8 Å². The summed E-state index contributed by atoms with van der Waals surface area (Å²) in [4.78, 5) is 12.1. The molecule has 0 radical (unpaired) electrons. The molecule has 0 aliphatic rings. The van der Waals surface area contributed by atoms with Crippen LogP contribution in [0.4, 0.5) is 5.69 Å². The molecule has 0 aliphatic heterocycles. The highest BCUT2D eigenvalue weighted by atomic mass is 127. The minimum Gasteiger partial charge on any atom is -0.342 e. The number of nitrogens with zero attached hydrogens (tertiary/aromatic N) is 1. The zero-order valence-corrected chi connectivity index (χ0v) is 12.7. The van der Waals surface area contributed by atoms with Gasteiger partial charge in [0.15, 0.2) is 0 Å². The summed E-state index contributed by atoms with van der Waals surface area (Å²) in [5.74, 6) is -0.147. The molecule has 0 saturated heterocycles. The number of halogens is 2. The Morgan fingerprint density at radius 3 is 2.89 bits per heavy atom. The summed E-state index contributed by atoms with van der Waals surface area (Å²) in [5, 5.41) is 3.44. The first kappa shape index (κ1) is 13.4. The molecule has 1 N–H and O–H groups in total. The molecule has 2 aromatic rings. The van der Waals surface area contributed by atoms with Gasteiger partial charge in [0, 0.05) is 22.0 Å². The Bertz CT molecular complexity index is 580. The number of nitrogens with one attached hydrogen (secondary N) is 1. The Hall–Kier alpha value is -1.01. The number of anilines is 1. The van der Waals surface area contributed by atoms with Crippen LogP contribution < -0.4 is 5.32 Å². The molecule has 0 spiro atoms. The summed E-state index contributed by atoms with van der Waals surface area (Å²) < 4.78 is 2.90. The number of carbonyl (C=O) groups is 1. The Labute approximate surface area is 124 Å². The molecular weight excluding hydrogens is 363 g/mol. The van der Waals surface area contributed by atoms with Gasteiger partial charge in [-0.2, -0.15) is 0 Å². The Kier molecular flexibility index (Phi) is 4.29. The molecule has 1 aromatic heterocycles. The van der Waals surface area contributed by atoms with Crippen molar-refractivity contribution in [1.82, 2.24) is 4.57 Å². The quantitative estimate of drug-likeness (QED) is 0.809. The first-order chi connectivity index (χ1) is 8.60. The van der Waals surface area contributed by atoms with Crippen LogP contribution in [0.25, 0.3) is 0 Å². The molecule has 94 valence electrons. The maximum atomic E-state index is 12.1. The van der Waals surface area contributed by atoms with Gasteiger partial charge in [0.25, 0.3) is 5.91 Å². The molecule has 0 atom stereocenters. The number of hydrogen-bond donors (Lipinski definition) is 1. The van der Waals surface area contributed by atoms with Crippen LogP contribution in [0.5, 0.6) is 0 Å². The normalized spacial score (nSPS) is 10.4. The van der Waals surface area contributed by atoms with Gasteiger partial charge in [0.2, 0.25) is 0 Å². The van der Waals surface area contributed by atoms with E-state index in [4.69, 9.17) is 11.6 Å². The lowest BCUT2D eigenvalue weighted by molar-refractivity contribution is 0.101. The van der Waals surface area contributed by atoms with E-state index >= 15 is 0 Å². The second kappa shape index (κ2) is 5.75. The van der Waals surface area contributed by atoms with Crippen molar-refractivity contribution in [1.29, 1.82) is 0 Å². The van der Waals surface area contributed by atoms with Crippen molar-refractivity contribution in [2.75, 3.05) is 5.32 Å². The van der Waals surface area contributed by atoms with Crippen LogP contribution in [-0.2, 0) is 6.54 Å². The second-order valence-electron chi connectivity index (χ2n) is 3.79. The molecule has 0 saturated carbocycles. The highest BCUT2D eigenvalue weighted by Crippen LogP contribution is 2.17. The zero-order chi connectivity index (χ0) is 13.1. The van der Waals surface area contributed by atoms with Gasteiger partial charge in [0.1, 0.15) is 5.69 Å². The number of carbonyl (C=O) groups excluding carboxylic acids is 1. The summed E-state index contributed by atoms with van der Waals surface area (Å²) in [5.41, 5.74) is 1.35. The number of benzene rings is 1. The molecule has 1 heterocycles. The SMILES string of the molecule is CCn1cc(Cl)cc1C(=O)Nc1cccc(I)c1. The first-order valence-corrected chi connectivity index (χ1v) is 6.98. The van der Waals surface area contributed by atoms with Gasteiger partial charge >= 0.3 is 0 Å². The van der Waals surface area contributed by atoms with Gasteiger partial charge in [-0.25, -0.2) is 0 Å². The maximum absolute atomic E-state index is 12.1. The molecule has 0 unspecified atom stereocenters. The molecular formula is C13H12ClIN2O. The fraction of sp³-hybridized carbons (Fsp3) is 0.154. The van der Waals surface area contributed by atoms with E-state index in [1.165, 1.54) is 0 Å². The van der Waals surface area contributed by atoms with Crippen LogP contribution in [0.15, 0.2) is 36.5 Å². The fourth-order valence-electron chi connectivity index (χ4n) is 1.69. The molecule has 18 heavy (non-hydrogen) atoms. The van der Waals surface area contributed by atoms with Crippen LogP contribution >= 0.6 is 34.2 Å². The molecule has 2 rings (SSSR count). The lowest BCUT2D eigenvalue weighted by Crippen LogP contribution is -2.16. The highest BCUT2D eigenvalue weighted by molar-refractivity contribution is 14.1. The van der Waals surface area contributed by atoms with E-state index in [1.54, 1.807) is 12.3 Å². The minimum absolute atomic E-state index is 0.147. The summed E-state index contributed by atoms with van der Waals surface area (Å²) in [6.45, 7) is 2.68. The first-order valence-electron chi connectivity index (χ1n) is 5.52. The zero-order valence-electron chi connectivity index (χ0n) is 9.78. The van der Waals surface area contributed by atoms with Gasteiger partial charge in [-0.1, -0.05) is 17.7 Å². The average molecular weight is 375 g/mol. The van der Waals surface area contributed by atoms with Gasteiger partial charge in [-0.3, -0.25) is 4.79 Å². The van der Waals surface area contributed by atoms with Crippen molar-refractivity contribution in [3.63, 3.8) is 0 Å². The van der Waals surface area contributed by atoms with Gasteiger partial charge < -0.3 is 9.88 Å².